The van der Waals surface area contributed by atoms with Gasteiger partial charge in [-0.05, 0) is 25.0 Å². The first kappa shape index (κ1) is 19.4. The average Bonchev–Trinajstić information content (AvgIpc) is 2.74. The summed E-state index contributed by atoms with van der Waals surface area (Å²) in [4.78, 5) is 17.2. The number of esters is 1. The number of anilines is 1. The maximum absolute atomic E-state index is 12.6. The summed E-state index contributed by atoms with van der Waals surface area (Å²) < 4.78 is 11.2. The topological polar surface area (TPSA) is 74.4 Å². The molecule has 0 aliphatic rings. The third-order valence-electron chi connectivity index (χ3n) is 4.39. The molecule has 0 radical (unpaired) electrons. The van der Waals surface area contributed by atoms with Crippen molar-refractivity contribution in [2.75, 3.05) is 12.3 Å². The van der Waals surface area contributed by atoms with Gasteiger partial charge in [-0.25, -0.2) is 9.78 Å². The minimum atomic E-state index is -0.938. The van der Waals surface area contributed by atoms with Gasteiger partial charge in [-0.2, -0.15) is 0 Å². The third-order valence-corrected chi connectivity index (χ3v) is 4.39. The predicted molar refractivity (Wildman–Crippen MR) is 110 cm³/mol. The van der Waals surface area contributed by atoms with E-state index in [0.717, 1.165) is 23.2 Å². The van der Waals surface area contributed by atoms with Crippen LogP contribution < -0.4 is 10.5 Å². The van der Waals surface area contributed by atoms with E-state index in [9.17, 15) is 4.79 Å². The smallest absolute Gasteiger partial charge is 0.352 e. The van der Waals surface area contributed by atoms with E-state index in [0.29, 0.717) is 11.3 Å². The van der Waals surface area contributed by atoms with E-state index in [2.05, 4.69) is 4.98 Å². The second-order valence-corrected chi connectivity index (χ2v) is 6.27. The van der Waals surface area contributed by atoms with Crippen LogP contribution in [0.5, 0.6) is 5.88 Å². The quantitative estimate of drug-likeness (QED) is 0.611. The van der Waals surface area contributed by atoms with E-state index < -0.39 is 12.1 Å². The summed E-state index contributed by atoms with van der Waals surface area (Å²) in [5.41, 5.74) is 10.0. The molecule has 0 amide bonds. The molecule has 0 spiro atoms. The predicted octanol–water partition coefficient (Wildman–Crippen LogP) is 4.58. The number of benzene rings is 2. The van der Waals surface area contributed by atoms with E-state index in [4.69, 9.17) is 15.2 Å². The summed E-state index contributed by atoms with van der Waals surface area (Å²) in [6.45, 7) is 4.04. The highest BCUT2D eigenvalue weighted by Crippen LogP contribution is 2.33. The molecule has 0 bridgehead atoms. The van der Waals surface area contributed by atoms with Gasteiger partial charge in [0.2, 0.25) is 12.0 Å². The maximum Gasteiger partial charge on any atom is 0.352 e. The summed E-state index contributed by atoms with van der Waals surface area (Å²) in [5, 5.41) is 0. The van der Waals surface area contributed by atoms with Gasteiger partial charge in [-0.1, -0.05) is 67.6 Å². The van der Waals surface area contributed by atoms with Gasteiger partial charge in [0, 0.05) is 11.1 Å². The summed E-state index contributed by atoms with van der Waals surface area (Å²) in [5.74, 6) is -0.238. The SMILES string of the molecule is CCOC(=O)C(Oc1nc(-c2ccccc2)cc(CC)c1N)c1ccccc1. The molecule has 1 unspecified atom stereocenters. The molecular weight excluding hydrogens is 352 g/mol. The zero-order valence-electron chi connectivity index (χ0n) is 16.1. The van der Waals surface area contributed by atoms with Crippen molar-refractivity contribution in [3.05, 3.63) is 77.9 Å². The number of aryl methyl sites for hydroxylation is 1. The van der Waals surface area contributed by atoms with Crippen molar-refractivity contribution in [2.24, 2.45) is 0 Å². The van der Waals surface area contributed by atoms with Gasteiger partial charge in [0.25, 0.3) is 0 Å². The Morgan fingerprint density at radius 1 is 1.04 bits per heavy atom. The normalized spacial score (nSPS) is 11.6. The van der Waals surface area contributed by atoms with Crippen molar-refractivity contribution < 1.29 is 14.3 Å². The molecule has 28 heavy (non-hydrogen) atoms. The van der Waals surface area contributed by atoms with Gasteiger partial charge in [-0.15, -0.1) is 0 Å². The number of carbonyl (C=O) groups excluding carboxylic acids is 1. The van der Waals surface area contributed by atoms with Crippen molar-refractivity contribution in [3.63, 3.8) is 0 Å². The number of nitrogens with zero attached hydrogens (tertiary/aromatic N) is 1. The Balaban J connectivity index is 2.04. The largest absolute Gasteiger partial charge is 0.463 e. The third kappa shape index (κ3) is 4.31. The maximum atomic E-state index is 12.6. The van der Waals surface area contributed by atoms with Crippen molar-refractivity contribution in [3.8, 4) is 17.1 Å². The van der Waals surface area contributed by atoms with Crippen LogP contribution in [-0.4, -0.2) is 17.6 Å². The fourth-order valence-electron chi connectivity index (χ4n) is 2.93. The number of hydrogen-bond acceptors (Lipinski definition) is 5. The Kier molecular flexibility index (Phi) is 6.27. The molecule has 1 heterocycles. The Labute approximate surface area is 165 Å². The van der Waals surface area contributed by atoms with Crippen LogP contribution in [-0.2, 0) is 16.0 Å². The average molecular weight is 376 g/mol. The monoisotopic (exact) mass is 376 g/mol. The molecule has 3 aromatic rings. The van der Waals surface area contributed by atoms with Gasteiger partial charge in [0.1, 0.15) is 0 Å². The first-order chi connectivity index (χ1) is 13.6. The number of hydrogen-bond donors (Lipinski definition) is 1. The molecule has 5 heteroatoms. The Morgan fingerprint density at radius 3 is 2.29 bits per heavy atom. The highest BCUT2D eigenvalue weighted by atomic mass is 16.6. The molecule has 1 atom stereocenters. The molecule has 3 rings (SSSR count). The molecule has 5 nitrogen and oxygen atoms in total. The van der Waals surface area contributed by atoms with Crippen LogP contribution in [0.15, 0.2) is 66.7 Å². The number of carbonyl (C=O) groups is 1. The van der Waals surface area contributed by atoms with Gasteiger partial charge < -0.3 is 15.2 Å². The lowest BCUT2D eigenvalue weighted by Gasteiger charge is -2.20. The Hall–Kier alpha value is -3.34. The number of rotatable bonds is 7. The molecule has 0 aliphatic carbocycles. The van der Waals surface area contributed by atoms with Crippen LogP contribution in [0.25, 0.3) is 11.3 Å². The second-order valence-electron chi connectivity index (χ2n) is 6.27. The molecule has 2 aromatic carbocycles. The number of ether oxygens (including phenoxy) is 2. The van der Waals surface area contributed by atoms with Crippen molar-refractivity contribution in [2.45, 2.75) is 26.4 Å². The number of nitrogen functional groups attached to an aromatic ring is 1. The van der Waals surface area contributed by atoms with Crippen molar-refractivity contribution in [1.82, 2.24) is 4.98 Å². The lowest BCUT2D eigenvalue weighted by Crippen LogP contribution is -2.22. The first-order valence-corrected chi connectivity index (χ1v) is 9.37. The van der Waals surface area contributed by atoms with Gasteiger partial charge >= 0.3 is 5.97 Å². The molecule has 0 fully saturated rings. The Morgan fingerprint density at radius 2 is 1.68 bits per heavy atom. The fraction of sp³-hybridized carbons (Fsp3) is 0.217. The summed E-state index contributed by atoms with van der Waals surface area (Å²) in [6, 6.07) is 21.0. The lowest BCUT2D eigenvalue weighted by molar-refractivity contribution is -0.151. The van der Waals surface area contributed by atoms with E-state index in [1.165, 1.54) is 0 Å². The second kappa shape index (κ2) is 9.04. The van der Waals surface area contributed by atoms with Crippen LogP contribution in [0.1, 0.15) is 31.1 Å². The highest BCUT2D eigenvalue weighted by molar-refractivity contribution is 5.77. The molecule has 0 aliphatic heterocycles. The Bertz CT molecular complexity index is 927. The number of nitrogens with two attached hydrogens (primary N) is 1. The van der Waals surface area contributed by atoms with E-state index >= 15 is 0 Å². The highest BCUT2D eigenvalue weighted by Gasteiger charge is 2.26. The van der Waals surface area contributed by atoms with Gasteiger partial charge in [0.15, 0.2) is 0 Å². The molecule has 0 saturated heterocycles. The molecule has 144 valence electrons. The number of aromatic nitrogens is 1. The molecule has 0 saturated carbocycles. The van der Waals surface area contributed by atoms with Crippen LogP contribution in [0.2, 0.25) is 0 Å². The van der Waals surface area contributed by atoms with Crippen LogP contribution in [0, 0.1) is 0 Å². The summed E-state index contributed by atoms with van der Waals surface area (Å²) in [7, 11) is 0. The van der Waals surface area contributed by atoms with E-state index in [1.54, 1.807) is 6.92 Å². The molecule has 2 N–H and O–H groups in total. The van der Waals surface area contributed by atoms with Crippen LogP contribution in [0.4, 0.5) is 5.69 Å². The minimum Gasteiger partial charge on any atom is -0.463 e. The zero-order chi connectivity index (χ0) is 19.9. The fourth-order valence-corrected chi connectivity index (χ4v) is 2.93. The number of pyridine rings is 1. The molecular formula is C23H24N2O3. The van der Waals surface area contributed by atoms with E-state index in [-0.39, 0.29) is 12.5 Å². The standard InChI is InChI=1S/C23H24N2O3/c1-3-16-15-19(17-11-7-5-8-12-17)25-22(20(16)24)28-21(23(26)27-4-2)18-13-9-6-10-14-18/h5-15,21H,3-4,24H2,1-2H3. The first-order valence-electron chi connectivity index (χ1n) is 9.37. The zero-order valence-corrected chi connectivity index (χ0v) is 16.1. The van der Waals surface area contributed by atoms with E-state index in [1.807, 2.05) is 73.7 Å². The van der Waals surface area contributed by atoms with Crippen molar-refractivity contribution in [1.29, 1.82) is 0 Å². The minimum absolute atomic E-state index is 0.236. The molecule has 1 aromatic heterocycles. The van der Waals surface area contributed by atoms with Crippen molar-refractivity contribution >= 4 is 11.7 Å². The van der Waals surface area contributed by atoms with Crippen LogP contribution in [0.3, 0.4) is 0 Å². The van der Waals surface area contributed by atoms with Crippen LogP contribution >= 0.6 is 0 Å². The summed E-state index contributed by atoms with van der Waals surface area (Å²) in [6.07, 6.45) is -0.216. The van der Waals surface area contributed by atoms with Gasteiger partial charge in [-0.3, -0.25) is 0 Å². The summed E-state index contributed by atoms with van der Waals surface area (Å²) >= 11 is 0. The van der Waals surface area contributed by atoms with Gasteiger partial charge in [0.05, 0.1) is 18.0 Å². The lowest BCUT2D eigenvalue weighted by atomic mass is 10.1.